The van der Waals surface area contributed by atoms with Crippen molar-refractivity contribution in [2.75, 3.05) is 30.9 Å². The lowest BCUT2D eigenvalue weighted by molar-refractivity contribution is -0.176. The van der Waals surface area contributed by atoms with Gasteiger partial charge in [0.15, 0.2) is 11.5 Å². The quantitative estimate of drug-likeness (QED) is 0.319. The third kappa shape index (κ3) is 4.47. The van der Waals surface area contributed by atoms with Crippen molar-refractivity contribution >= 4 is 41.8 Å². The molecule has 4 atom stereocenters. The van der Waals surface area contributed by atoms with Gasteiger partial charge in [0.25, 0.3) is 10.1 Å². The van der Waals surface area contributed by atoms with E-state index in [0.29, 0.717) is 17.6 Å². The van der Waals surface area contributed by atoms with Crippen LogP contribution in [0.4, 0.5) is 11.8 Å². The number of imidazole rings is 1. The molecular formula is C18H32N6O6SSi. The van der Waals surface area contributed by atoms with Crippen LogP contribution < -0.4 is 11.5 Å². The number of nitrogens with two attached hydrogens (primary N) is 2. The summed E-state index contributed by atoms with van der Waals surface area (Å²) in [5, 5.41) is 9.46. The van der Waals surface area contributed by atoms with Crippen molar-refractivity contribution in [3.05, 3.63) is 6.33 Å². The minimum Gasteiger partial charge on any atom is -0.393 e. The van der Waals surface area contributed by atoms with Crippen LogP contribution in [0.25, 0.3) is 11.2 Å². The van der Waals surface area contributed by atoms with Crippen LogP contribution in [0.1, 0.15) is 26.7 Å². The zero-order valence-electron chi connectivity index (χ0n) is 19.0. The van der Waals surface area contributed by atoms with Crippen molar-refractivity contribution in [3.63, 3.8) is 0 Å². The Kier molecular flexibility index (Phi) is 6.84. The number of nitrogens with zero attached hydrogens (tertiary/aromatic N) is 4. The van der Waals surface area contributed by atoms with Crippen molar-refractivity contribution in [3.8, 4) is 0 Å². The minimum absolute atomic E-state index is 0.00319. The smallest absolute Gasteiger partial charge is 0.264 e. The molecule has 12 nitrogen and oxygen atoms in total. The van der Waals surface area contributed by atoms with Crippen LogP contribution in [0.5, 0.6) is 0 Å². The number of aliphatic hydroxyl groups is 1. The van der Waals surface area contributed by atoms with Gasteiger partial charge in [-0.1, -0.05) is 20.0 Å². The van der Waals surface area contributed by atoms with Crippen LogP contribution in [-0.2, 0) is 29.1 Å². The van der Waals surface area contributed by atoms with Gasteiger partial charge in [0.2, 0.25) is 5.95 Å². The van der Waals surface area contributed by atoms with E-state index in [0.717, 1.165) is 12.7 Å². The number of aromatic nitrogens is 4. The van der Waals surface area contributed by atoms with Crippen LogP contribution in [0.2, 0.25) is 13.1 Å². The lowest BCUT2D eigenvalue weighted by atomic mass is 9.98. The van der Waals surface area contributed by atoms with Crippen molar-refractivity contribution in [2.45, 2.75) is 62.9 Å². The number of hydrogen-bond donors (Lipinski definition) is 3. The summed E-state index contributed by atoms with van der Waals surface area (Å²) in [6, 6.07) is 0. The summed E-state index contributed by atoms with van der Waals surface area (Å²) in [6.07, 6.45) is 2.79. The molecule has 2 aromatic rings. The standard InChI is InChI=1S/C18H32N6O6SSi/c1-6-11(2)29-12-7-18(32(4)5,30-17(12,8-25)9-28-31(3,26)27)24-10-21-13-14(19)22-16(20)23-15(13)24/h10-12,25,32H,6-9H2,1-5H3,(H4,19,20,22,23)/t11?,12-,17-,18+/m0/s1. The molecule has 32 heavy (non-hydrogen) atoms. The van der Waals surface area contributed by atoms with E-state index in [1.807, 2.05) is 13.8 Å². The molecule has 0 radical (unpaired) electrons. The number of aliphatic hydroxyl groups excluding tert-OH is 1. The third-order valence-electron chi connectivity index (χ3n) is 5.95. The molecule has 3 heterocycles. The van der Waals surface area contributed by atoms with E-state index < -0.39 is 49.2 Å². The van der Waals surface area contributed by atoms with Gasteiger partial charge in [-0.25, -0.2) is 4.98 Å². The second-order valence-corrected chi connectivity index (χ2v) is 13.4. The molecule has 0 aliphatic carbocycles. The van der Waals surface area contributed by atoms with Crippen molar-refractivity contribution < 1.29 is 27.2 Å². The molecule has 14 heteroatoms. The fourth-order valence-corrected chi connectivity index (χ4v) is 6.28. The molecule has 1 fully saturated rings. The molecule has 2 aromatic heterocycles. The van der Waals surface area contributed by atoms with Gasteiger partial charge in [-0.2, -0.15) is 18.4 Å². The number of hydrogen-bond acceptors (Lipinski definition) is 11. The van der Waals surface area contributed by atoms with Gasteiger partial charge < -0.3 is 26.0 Å². The highest BCUT2D eigenvalue weighted by Crippen LogP contribution is 2.46. The molecule has 3 rings (SSSR count). The molecule has 0 amide bonds. The van der Waals surface area contributed by atoms with Gasteiger partial charge in [-0.15, -0.1) is 0 Å². The van der Waals surface area contributed by atoms with E-state index in [1.165, 1.54) is 0 Å². The van der Waals surface area contributed by atoms with Crippen LogP contribution in [0, 0.1) is 0 Å². The van der Waals surface area contributed by atoms with E-state index >= 15 is 0 Å². The molecule has 1 saturated heterocycles. The van der Waals surface area contributed by atoms with E-state index in [9.17, 15) is 13.5 Å². The molecule has 5 N–H and O–H groups in total. The average Bonchev–Trinajstić information content (AvgIpc) is 3.26. The summed E-state index contributed by atoms with van der Waals surface area (Å²) in [6.45, 7) is 7.14. The molecule has 1 aliphatic heterocycles. The van der Waals surface area contributed by atoms with E-state index in [4.69, 9.17) is 25.1 Å². The lowest BCUT2D eigenvalue weighted by Gasteiger charge is -2.37. The number of fused-ring (bicyclic) bond motifs is 1. The highest BCUT2D eigenvalue weighted by molar-refractivity contribution is 7.85. The second-order valence-electron chi connectivity index (χ2n) is 8.59. The van der Waals surface area contributed by atoms with Gasteiger partial charge >= 0.3 is 0 Å². The number of rotatable bonds is 9. The van der Waals surface area contributed by atoms with Crippen molar-refractivity contribution in [1.29, 1.82) is 0 Å². The summed E-state index contributed by atoms with van der Waals surface area (Å²) >= 11 is 0. The lowest BCUT2D eigenvalue weighted by Crippen LogP contribution is -2.52. The summed E-state index contributed by atoms with van der Waals surface area (Å²) < 4.78 is 43.2. The van der Waals surface area contributed by atoms with Crippen LogP contribution in [0.15, 0.2) is 6.33 Å². The van der Waals surface area contributed by atoms with E-state index in [2.05, 4.69) is 28.0 Å². The summed E-state index contributed by atoms with van der Waals surface area (Å²) in [4.78, 5) is 12.7. The predicted octanol–water partition coefficient (Wildman–Crippen LogP) is -0.0193. The van der Waals surface area contributed by atoms with Gasteiger partial charge in [-0.3, -0.25) is 8.75 Å². The number of anilines is 2. The first-order valence-corrected chi connectivity index (χ1v) is 15.1. The topological polar surface area (TPSA) is 178 Å². The van der Waals surface area contributed by atoms with Crippen molar-refractivity contribution in [1.82, 2.24) is 19.5 Å². The Morgan fingerprint density at radius 1 is 1.41 bits per heavy atom. The Bertz CT molecular complexity index is 1080. The van der Waals surface area contributed by atoms with Gasteiger partial charge in [-0.05, 0) is 13.3 Å². The minimum atomic E-state index is -3.78. The van der Waals surface area contributed by atoms with Gasteiger partial charge in [0, 0.05) is 6.42 Å². The largest absolute Gasteiger partial charge is 0.393 e. The molecule has 1 aliphatic rings. The number of ether oxygens (including phenoxy) is 2. The first-order chi connectivity index (χ1) is 14.9. The summed E-state index contributed by atoms with van der Waals surface area (Å²) in [5.41, 5.74) is 11.2. The molecule has 1 unspecified atom stereocenters. The Balaban J connectivity index is 2.16. The zero-order chi connectivity index (χ0) is 23.9. The SMILES string of the molecule is CCC(C)O[C@H]1C[C@](n2cnc3c(N)nc(N)nc32)([SiH](C)C)O[C@@]1(CO)COS(C)(=O)=O. The monoisotopic (exact) mass is 488 g/mol. The van der Waals surface area contributed by atoms with Crippen LogP contribution in [0.3, 0.4) is 0 Å². The fourth-order valence-electron chi connectivity index (χ4n) is 3.96. The van der Waals surface area contributed by atoms with Gasteiger partial charge in [0.1, 0.15) is 23.1 Å². The molecule has 0 aromatic carbocycles. The predicted molar refractivity (Wildman–Crippen MR) is 122 cm³/mol. The molecule has 0 saturated carbocycles. The highest BCUT2D eigenvalue weighted by Gasteiger charge is 2.60. The zero-order valence-corrected chi connectivity index (χ0v) is 20.9. The average molecular weight is 489 g/mol. The van der Waals surface area contributed by atoms with Gasteiger partial charge in [0.05, 0.1) is 40.2 Å². The maximum absolute atomic E-state index is 11.8. The Morgan fingerprint density at radius 3 is 2.66 bits per heavy atom. The first-order valence-electron chi connectivity index (χ1n) is 10.4. The Labute approximate surface area is 189 Å². The maximum atomic E-state index is 11.8. The fraction of sp³-hybridized carbons (Fsp3) is 0.722. The van der Waals surface area contributed by atoms with E-state index in [1.54, 1.807) is 10.9 Å². The third-order valence-corrected chi connectivity index (χ3v) is 8.93. The van der Waals surface area contributed by atoms with Crippen LogP contribution in [-0.4, -0.2) is 79.1 Å². The first kappa shape index (κ1) is 24.8. The Morgan fingerprint density at radius 2 is 2.09 bits per heavy atom. The maximum Gasteiger partial charge on any atom is 0.264 e. The number of nitrogen functional groups attached to an aromatic ring is 2. The van der Waals surface area contributed by atoms with Crippen molar-refractivity contribution in [2.24, 2.45) is 0 Å². The second kappa shape index (κ2) is 8.83. The molecule has 180 valence electrons. The van der Waals surface area contributed by atoms with E-state index in [-0.39, 0.29) is 17.9 Å². The normalized spacial score (nSPS) is 27.4. The summed E-state index contributed by atoms with van der Waals surface area (Å²) in [5.74, 6) is 0.141. The Hall–Kier alpha value is -1.84. The molecular weight excluding hydrogens is 456 g/mol. The summed E-state index contributed by atoms with van der Waals surface area (Å²) in [7, 11) is -5.57. The van der Waals surface area contributed by atoms with Crippen LogP contribution >= 0.6 is 0 Å². The highest BCUT2D eigenvalue weighted by atomic mass is 32.2. The molecule has 0 spiro atoms. The molecule has 0 bridgehead atoms.